The summed E-state index contributed by atoms with van der Waals surface area (Å²) in [5, 5.41) is 6.15. The zero-order valence-electron chi connectivity index (χ0n) is 11.8. The third-order valence-corrected chi connectivity index (χ3v) is 5.59. The van der Waals surface area contributed by atoms with Gasteiger partial charge in [-0.25, -0.2) is 4.39 Å². The summed E-state index contributed by atoms with van der Waals surface area (Å²) in [6.45, 7) is 0.477. The van der Waals surface area contributed by atoms with E-state index >= 15 is 0 Å². The molecule has 21 heavy (non-hydrogen) atoms. The lowest BCUT2D eigenvalue weighted by atomic mass is 9.96. The predicted octanol–water partition coefficient (Wildman–Crippen LogP) is 5.56. The van der Waals surface area contributed by atoms with Gasteiger partial charge in [-0.05, 0) is 42.3 Å². The summed E-state index contributed by atoms with van der Waals surface area (Å²) in [5.74, 6) is 0.417. The van der Waals surface area contributed by atoms with E-state index in [9.17, 15) is 4.39 Å². The molecule has 0 amide bonds. The fourth-order valence-electron chi connectivity index (χ4n) is 3.17. The summed E-state index contributed by atoms with van der Waals surface area (Å²) >= 11 is 7.89. The van der Waals surface area contributed by atoms with Crippen molar-refractivity contribution >= 4 is 22.9 Å². The minimum absolute atomic E-state index is 0.230. The first-order valence-corrected chi connectivity index (χ1v) is 8.71. The molecular weight excluding hydrogens is 305 g/mol. The Morgan fingerprint density at radius 2 is 2.05 bits per heavy atom. The highest BCUT2D eigenvalue weighted by atomic mass is 35.5. The second-order valence-corrected chi connectivity index (χ2v) is 7.01. The molecule has 1 nitrogen and oxygen atoms in total. The van der Waals surface area contributed by atoms with E-state index < -0.39 is 0 Å². The monoisotopic (exact) mass is 323 g/mol. The molecule has 1 aromatic carbocycles. The second kappa shape index (κ2) is 6.91. The molecule has 0 radical (unpaired) electrons. The third-order valence-electron chi connectivity index (χ3n) is 4.28. The molecule has 1 heterocycles. The lowest BCUT2D eigenvalue weighted by Crippen LogP contribution is -2.26. The van der Waals surface area contributed by atoms with Crippen molar-refractivity contribution in [1.82, 2.24) is 5.32 Å². The molecule has 4 heteroatoms. The van der Waals surface area contributed by atoms with Crippen molar-refractivity contribution < 1.29 is 4.39 Å². The van der Waals surface area contributed by atoms with Crippen LogP contribution in [0.3, 0.4) is 0 Å². The number of hydrogen-bond donors (Lipinski definition) is 1. The zero-order valence-corrected chi connectivity index (χ0v) is 13.4. The quantitative estimate of drug-likeness (QED) is 0.759. The molecule has 112 valence electrons. The Balaban J connectivity index is 1.76. The molecule has 1 N–H and O–H groups in total. The Kier molecular flexibility index (Phi) is 4.94. The van der Waals surface area contributed by atoms with Crippen LogP contribution in [0.15, 0.2) is 35.7 Å². The highest BCUT2D eigenvalue weighted by Crippen LogP contribution is 2.37. The second-order valence-electron chi connectivity index (χ2n) is 5.62. The van der Waals surface area contributed by atoms with Crippen molar-refractivity contribution in [2.45, 2.75) is 38.3 Å². The summed E-state index contributed by atoms with van der Waals surface area (Å²) < 4.78 is 13.9. The van der Waals surface area contributed by atoms with Crippen molar-refractivity contribution in [3.63, 3.8) is 0 Å². The molecule has 1 aliphatic rings. The van der Waals surface area contributed by atoms with Gasteiger partial charge >= 0.3 is 0 Å². The summed E-state index contributed by atoms with van der Waals surface area (Å²) in [4.78, 5) is 1.34. The summed E-state index contributed by atoms with van der Waals surface area (Å²) in [6, 6.07) is 9.43. The molecule has 1 aliphatic carbocycles. The van der Waals surface area contributed by atoms with Crippen LogP contribution in [0, 0.1) is 11.7 Å². The van der Waals surface area contributed by atoms with Crippen LogP contribution in [0.2, 0.25) is 5.02 Å². The molecule has 0 aliphatic heterocycles. The van der Waals surface area contributed by atoms with Crippen LogP contribution in [0.1, 0.15) is 42.2 Å². The van der Waals surface area contributed by atoms with Crippen molar-refractivity contribution in [3.8, 4) is 0 Å². The minimum Gasteiger partial charge on any atom is -0.305 e. The van der Waals surface area contributed by atoms with E-state index in [1.165, 1.54) is 36.6 Å². The molecular formula is C17H19ClFNS. The number of halogens is 2. The van der Waals surface area contributed by atoms with Crippen LogP contribution < -0.4 is 5.32 Å². The van der Waals surface area contributed by atoms with Crippen LogP contribution in [-0.4, -0.2) is 0 Å². The van der Waals surface area contributed by atoms with Gasteiger partial charge in [-0.3, -0.25) is 0 Å². The highest BCUT2D eigenvalue weighted by molar-refractivity contribution is 7.10. The topological polar surface area (TPSA) is 12.0 Å². The van der Waals surface area contributed by atoms with E-state index in [0.717, 1.165) is 0 Å². The fraction of sp³-hybridized carbons (Fsp3) is 0.412. The normalized spacial score (nSPS) is 17.2. The number of nitrogens with one attached hydrogen (secondary N) is 1. The highest BCUT2D eigenvalue weighted by Gasteiger charge is 2.27. The Hall–Kier alpha value is -0.900. The summed E-state index contributed by atoms with van der Waals surface area (Å²) in [5.41, 5.74) is 0.568. The summed E-state index contributed by atoms with van der Waals surface area (Å²) in [7, 11) is 0. The average molecular weight is 324 g/mol. The lowest BCUT2D eigenvalue weighted by molar-refractivity contribution is 0.368. The molecule has 1 aromatic heterocycles. The maximum absolute atomic E-state index is 13.9. The maximum Gasteiger partial charge on any atom is 0.129 e. The van der Waals surface area contributed by atoms with Gasteiger partial charge in [0.1, 0.15) is 5.82 Å². The van der Waals surface area contributed by atoms with Crippen LogP contribution in [0.4, 0.5) is 4.39 Å². The Bertz CT molecular complexity index is 558. The first-order valence-electron chi connectivity index (χ1n) is 7.45. The van der Waals surface area contributed by atoms with Crippen LogP contribution >= 0.6 is 22.9 Å². The van der Waals surface area contributed by atoms with E-state index in [2.05, 4.69) is 22.8 Å². The van der Waals surface area contributed by atoms with E-state index in [-0.39, 0.29) is 5.82 Å². The van der Waals surface area contributed by atoms with Gasteiger partial charge in [0.05, 0.1) is 0 Å². The first-order chi connectivity index (χ1) is 10.3. The van der Waals surface area contributed by atoms with Gasteiger partial charge in [-0.1, -0.05) is 36.6 Å². The Morgan fingerprint density at radius 1 is 1.24 bits per heavy atom. The smallest absolute Gasteiger partial charge is 0.129 e. The van der Waals surface area contributed by atoms with E-state index in [4.69, 9.17) is 11.6 Å². The fourth-order valence-corrected chi connectivity index (χ4v) is 4.30. The predicted molar refractivity (Wildman–Crippen MR) is 87.3 cm³/mol. The SMILES string of the molecule is Fc1cccc(Cl)c1CNC(c1cccs1)C1CCCC1. The molecule has 2 aromatic rings. The minimum atomic E-state index is -0.230. The van der Waals surface area contributed by atoms with Gasteiger partial charge in [0.2, 0.25) is 0 Å². The van der Waals surface area contributed by atoms with Crippen LogP contribution in [0.5, 0.6) is 0 Å². The summed E-state index contributed by atoms with van der Waals surface area (Å²) in [6.07, 6.45) is 5.10. The van der Waals surface area contributed by atoms with Crippen molar-refractivity contribution in [3.05, 3.63) is 57.0 Å². The van der Waals surface area contributed by atoms with Gasteiger partial charge in [0.25, 0.3) is 0 Å². The van der Waals surface area contributed by atoms with Crippen LogP contribution in [-0.2, 0) is 6.54 Å². The maximum atomic E-state index is 13.9. The van der Waals surface area contributed by atoms with Gasteiger partial charge in [0.15, 0.2) is 0 Å². The van der Waals surface area contributed by atoms with Crippen LogP contribution in [0.25, 0.3) is 0 Å². The molecule has 1 saturated carbocycles. The van der Waals surface area contributed by atoms with Crippen molar-refractivity contribution in [2.24, 2.45) is 5.92 Å². The number of hydrogen-bond acceptors (Lipinski definition) is 2. The third kappa shape index (κ3) is 3.47. The van der Waals surface area contributed by atoms with Gasteiger partial charge < -0.3 is 5.32 Å². The van der Waals surface area contributed by atoms with E-state index in [1.807, 2.05) is 0 Å². The molecule has 1 unspecified atom stereocenters. The standard InChI is InChI=1S/C17H19ClFNS/c18-14-7-3-8-15(19)13(14)11-20-17(12-5-1-2-6-12)16-9-4-10-21-16/h3-4,7-10,12,17,20H,1-2,5-6,11H2. The number of thiophene rings is 1. The van der Waals surface area contributed by atoms with Crippen molar-refractivity contribution in [1.29, 1.82) is 0 Å². The molecule has 3 rings (SSSR count). The van der Waals surface area contributed by atoms with Crippen molar-refractivity contribution in [2.75, 3.05) is 0 Å². The van der Waals surface area contributed by atoms with E-state index in [0.29, 0.717) is 29.1 Å². The molecule has 0 bridgehead atoms. The Labute approximate surface area is 134 Å². The number of benzene rings is 1. The molecule has 1 fully saturated rings. The molecule has 0 saturated heterocycles. The molecule has 1 atom stereocenters. The van der Waals surface area contributed by atoms with Gasteiger partial charge in [0, 0.05) is 28.0 Å². The number of rotatable bonds is 5. The largest absolute Gasteiger partial charge is 0.305 e. The van der Waals surface area contributed by atoms with Gasteiger partial charge in [-0.15, -0.1) is 11.3 Å². The van der Waals surface area contributed by atoms with Gasteiger partial charge in [-0.2, -0.15) is 0 Å². The lowest BCUT2D eigenvalue weighted by Gasteiger charge is -2.24. The zero-order chi connectivity index (χ0) is 14.7. The Morgan fingerprint density at radius 3 is 2.71 bits per heavy atom. The molecule has 0 spiro atoms. The first kappa shape index (κ1) is 15.0. The average Bonchev–Trinajstić information content (AvgIpc) is 3.15. The van der Waals surface area contributed by atoms with E-state index in [1.54, 1.807) is 23.5 Å².